The van der Waals surface area contributed by atoms with E-state index in [0.717, 1.165) is 13.1 Å². The van der Waals surface area contributed by atoms with Crippen LogP contribution in [0.5, 0.6) is 0 Å². The van der Waals surface area contributed by atoms with Crippen molar-refractivity contribution in [1.82, 2.24) is 9.80 Å². The van der Waals surface area contributed by atoms with Gasteiger partial charge in [0, 0.05) is 51.6 Å². The lowest BCUT2D eigenvalue weighted by molar-refractivity contribution is -0.142. The van der Waals surface area contributed by atoms with Gasteiger partial charge in [-0.1, -0.05) is 23.2 Å². The zero-order valence-corrected chi connectivity index (χ0v) is 17.2. The average Bonchev–Trinajstić information content (AvgIpc) is 3.03. The minimum atomic E-state index is -0.614. The first-order valence-corrected chi connectivity index (χ1v) is 9.96. The summed E-state index contributed by atoms with van der Waals surface area (Å²) in [7, 11) is 1.69. The number of anilines is 1. The van der Waals surface area contributed by atoms with Crippen LogP contribution in [-0.4, -0.2) is 74.1 Å². The number of methoxy groups -OCH3 is 1. The molecule has 0 bridgehead atoms. The highest BCUT2D eigenvalue weighted by molar-refractivity contribution is 6.42. The summed E-state index contributed by atoms with van der Waals surface area (Å²) in [6.07, 6.45) is 0.524. The Kier molecular flexibility index (Phi) is 6.63. The number of amides is 2. The first-order chi connectivity index (χ1) is 12.9. The maximum absolute atomic E-state index is 13.0. The molecule has 3 rings (SSSR count). The standard InChI is InChI=1S/C19H25Cl2N3O3/c1-13-12-23(8-7-22(13)9-10-27-2)18(25)15-5-6-24(19(15)26)14-3-4-16(20)17(21)11-14/h3-4,11,13,15H,5-10,12H2,1-2H3. The molecule has 27 heavy (non-hydrogen) atoms. The van der Waals surface area contributed by atoms with Crippen molar-refractivity contribution < 1.29 is 14.3 Å². The summed E-state index contributed by atoms with van der Waals surface area (Å²) < 4.78 is 5.14. The quantitative estimate of drug-likeness (QED) is 0.695. The second kappa shape index (κ2) is 8.78. The monoisotopic (exact) mass is 413 g/mol. The number of halogens is 2. The molecule has 1 aromatic rings. The van der Waals surface area contributed by atoms with Crippen LogP contribution < -0.4 is 4.90 Å². The average molecular weight is 414 g/mol. The molecule has 2 saturated heterocycles. The largest absolute Gasteiger partial charge is 0.383 e. The minimum absolute atomic E-state index is 0.0687. The van der Waals surface area contributed by atoms with Crippen LogP contribution in [-0.2, 0) is 14.3 Å². The summed E-state index contributed by atoms with van der Waals surface area (Å²) in [4.78, 5) is 31.6. The number of ether oxygens (including phenoxy) is 1. The highest BCUT2D eigenvalue weighted by Crippen LogP contribution is 2.32. The molecular weight excluding hydrogens is 389 g/mol. The maximum Gasteiger partial charge on any atom is 0.239 e. The van der Waals surface area contributed by atoms with Gasteiger partial charge in [-0.05, 0) is 31.5 Å². The van der Waals surface area contributed by atoms with E-state index in [2.05, 4.69) is 11.8 Å². The molecule has 2 heterocycles. The third kappa shape index (κ3) is 4.40. The third-order valence-corrected chi connectivity index (χ3v) is 6.12. The SMILES string of the molecule is COCCN1CCN(C(=O)C2CCN(c3ccc(Cl)c(Cl)c3)C2=O)CC1C. The maximum atomic E-state index is 13.0. The van der Waals surface area contributed by atoms with E-state index >= 15 is 0 Å². The fraction of sp³-hybridized carbons (Fsp3) is 0.579. The highest BCUT2D eigenvalue weighted by atomic mass is 35.5. The molecule has 2 fully saturated rings. The lowest BCUT2D eigenvalue weighted by atomic mass is 10.0. The van der Waals surface area contributed by atoms with Crippen LogP contribution in [0.3, 0.4) is 0 Å². The van der Waals surface area contributed by atoms with Crippen LogP contribution in [0.2, 0.25) is 10.0 Å². The van der Waals surface area contributed by atoms with E-state index in [-0.39, 0.29) is 17.9 Å². The Labute approximate surface area is 169 Å². The van der Waals surface area contributed by atoms with E-state index in [1.165, 1.54) is 0 Å². The van der Waals surface area contributed by atoms with E-state index in [4.69, 9.17) is 27.9 Å². The zero-order valence-electron chi connectivity index (χ0n) is 15.7. The number of hydrogen-bond acceptors (Lipinski definition) is 4. The first kappa shape index (κ1) is 20.4. The number of rotatable bonds is 5. The van der Waals surface area contributed by atoms with Crippen molar-refractivity contribution in [3.05, 3.63) is 28.2 Å². The van der Waals surface area contributed by atoms with Gasteiger partial charge < -0.3 is 14.5 Å². The van der Waals surface area contributed by atoms with Crippen molar-refractivity contribution in [3.8, 4) is 0 Å². The minimum Gasteiger partial charge on any atom is -0.383 e. The van der Waals surface area contributed by atoms with Crippen LogP contribution in [0, 0.1) is 5.92 Å². The lowest BCUT2D eigenvalue weighted by Gasteiger charge is -2.40. The van der Waals surface area contributed by atoms with Crippen molar-refractivity contribution in [1.29, 1.82) is 0 Å². The molecule has 0 spiro atoms. The molecule has 0 aliphatic carbocycles. The van der Waals surface area contributed by atoms with Gasteiger partial charge in [-0.3, -0.25) is 14.5 Å². The fourth-order valence-electron chi connectivity index (χ4n) is 3.77. The molecular formula is C19H25Cl2N3O3. The topological polar surface area (TPSA) is 53.1 Å². The van der Waals surface area contributed by atoms with Crippen molar-refractivity contribution in [2.75, 3.05) is 51.3 Å². The third-order valence-electron chi connectivity index (χ3n) is 5.38. The highest BCUT2D eigenvalue weighted by Gasteiger charge is 2.41. The number of carbonyl (C=O) groups is 2. The molecule has 0 radical (unpaired) electrons. The fourth-order valence-corrected chi connectivity index (χ4v) is 4.07. The van der Waals surface area contributed by atoms with Crippen molar-refractivity contribution in [2.24, 2.45) is 5.92 Å². The van der Waals surface area contributed by atoms with E-state index in [1.807, 2.05) is 4.90 Å². The van der Waals surface area contributed by atoms with Crippen LogP contribution in [0.4, 0.5) is 5.69 Å². The van der Waals surface area contributed by atoms with Gasteiger partial charge in [-0.25, -0.2) is 0 Å². The van der Waals surface area contributed by atoms with E-state index in [0.29, 0.717) is 48.4 Å². The Morgan fingerprint density at radius 1 is 1.22 bits per heavy atom. The summed E-state index contributed by atoms with van der Waals surface area (Å²) in [5, 5.41) is 0.845. The second-order valence-electron chi connectivity index (χ2n) is 7.09. The first-order valence-electron chi connectivity index (χ1n) is 9.20. The lowest BCUT2D eigenvalue weighted by Crippen LogP contribution is -2.55. The molecule has 2 amide bonds. The zero-order chi connectivity index (χ0) is 19.6. The smallest absolute Gasteiger partial charge is 0.239 e. The summed E-state index contributed by atoms with van der Waals surface area (Å²) in [5.74, 6) is -0.842. The van der Waals surface area contributed by atoms with Gasteiger partial charge in [0.25, 0.3) is 0 Å². The number of nitrogens with zero attached hydrogens (tertiary/aromatic N) is 3. The molecule has 2 aliphatic rings. The van der Waals surface area contributed by atoms with E-state index < -0.39 is 5.92 Å². The van der Waals surface area contributed by atoms with Crippen molar-refractivity contribution in [2.45, 2.75) is 19.4 Å². The van der Waals surface area contributed by atoms with Crippen LogP contribution in [0.15, 0.2) is 18.2 Å². The van der Waals surface area contributed by atoms with E-state index in [1.54, 1.807) is 30.2 Å². The number of hydrogen-bond donors (Lipinski definition) is 0. The molecule has 1 aromatic carbocycles. The predicted octanol–water partition coefficient (Wildman–Crippen LogP) is 2.53. The van der Waals surface area contributed by atoms with E-state index in [9.17, 15) is 9.59 Å². The Morgan fingerprint density at radius 3 is 2.67 bits per heavy atom. The Morgan fingerprint density at radius 2 is 2.00 bits per heavy atom. The molecule has 0 saturated carbocycles. The molecule has 2 unspecified atom stereocenters. The van der Waals surface area contributed by atoms with Crippen LogP contribution >= 0.6 is 23.2 Å². The molecule has 2 aliphatic heterocycles. The molecule has 0 aromatic heterocycles. The predicted molar refractivity (Wildman–Crippen MR) is 106 cm³/mol. The van der Waals surface area contributed by atoms with Crippen LogP contribution in [0.1, 0.15) is 13.3 Å². The summed E-state index contributed by atoms with van der Waals surface area (Å²) in [6, 6.07) is 5.35. The van der Waals surface area contributed by atoms with Crippen LogP contribution in [0.25, 0.3) is 0 Å². The Balaban J connectivity index is 1.63. The molecule has 8 heteroatoms. The molecule has 6 nitrogen and oxygen atoms in total. The van der Waals surface area contributed by atoms with Gasteiger partial charge in [0.1, 0.15) is 5.92 Å². The Hall–Kier alpha value is -1.34. The summed E-state index contributed by atoms with van der Waals surface area (Å²) in [6.45, 7) is 6.23. The van der Waals surface area contributed by atoms with Gasteiger partial charge in [0.2, 0.25) is 11.8 Å². The van der Waals surface area contributed by atoms with Gasteiger partial charge in [-0.2, -0.15) is 0 Å². The molecule has 148 valence electrons. The summed E-state index contributed by atoms with van der Waals surface area (Å²) in [5.41, 5.74) is 0.683. The summed E-state index contributed by atoms with van der Waals surface area (Å²) >= 11 is 12.0. The van der Waals surface area contributed by atoms with Crippen molar-refractivity contribution in [3.63, 3.8) is 0 Å². The van der Waals surface area contributed by atoms with Crippen molar-refractivity contribution >= 4 is 40.7 Å². The number of benzene rings is 1. The second-order valence-corrected chi connectivity index (χ2v) is 7.91. The van der Waals surface area contributed by atoms with Gasteiger partial charge in [-0.15, -0.1) is 0 Å². The number of piperazine rings is 1. The molecule has 2 atom stereocenters. The molecule has 0 N–H and O–H groups in total. The normalized spacial score (nSPS) is 23.9. The van der Waals surface area contributed by atoms with Gasteiger partial charge in [0.15, 0.2) is 0 Å². The van der Waals surface area contributed by atoms with Gasteiger partial charge in [0.05, 0.1) is 16.7 Å². The number of carbonyl (C=O) groups excluding carboxylic acids is 2. The van der Waals surface area contributed by atoms with Gasteiger partial charge >= 0.3 is 0 Å². The Bertz CT molecular complexity index is 715.